The zero-order valence-corrected chi connectivity index (χ0v) is 14.2. The summed E-state index contributed by atoms with van der Waals surface area (Å²) in [5, 5.41) is 11.0. The Labute approximate surface area is 142 Å². The number of imidazole rings is 1. The molecule has 2 heterocycles. The van der Waals surface area contributed by atoms with Gasteiger partial charge in [0.05, 0.1) is 24.1 Å². The highest BCUT2D eigenvalue weighted by atomic mass is 15.1. The fourth-order valence-electron chi connectivity index (χ4n) is 3.69. The predicted molar refractivity (Wildman–Crippen MR) is 94.6 cm³/mol. The summed E-state index contributed by atoms with van der Waals surface area (Å²) < 4.78 is 2.19. The number of nitrogens with zero attached hydrogens (tertiary/aromatic N) is 3. The van der Waals surface area contributed by atoms with Crippen molar-refractivity contribution in [2.24, 2.45) is 7.05 Å². The van der Waals surface area contributed by atoms with E-state index in [0.29, 0.717) is 6.04 Å². The molecule has 0 bridgehead atoms. The summed E-state index contributed by atoms with van der Waals surface area (Å²) in [6.07, 6.45) is 7.16. The quantitative estimate of drug-likeness (QED) is 0.776. The van der Waals surface area contributed by atoms with Gasteiger partial charge in [0.1, 0.15) is 5.82 Å². The Morgan fingerprint density at radius 2 is 2.08 bits per heavy atom. The number of benzene rings is 1. The molecule has 0 saturated carbocycles. The van der Waals surface area contributed by atoms with E-state index in [0.717, 1.165) is 30.8 Å². The Kier molecular flexibility index (Phi) is 3.94. The second kappa shape index (κ2) is 6.24. The van der Waals surface area contributed by atoms with Crippen molar-refractivity contribution in [2.75, 3.05) is 0 Å². The summed E-state index contributed by atoms with van der Waals surface area (Å²) in [6.45, 7) is 2.20. The van der Waals surface area contributed by atoms with Gasteiger partial charge in [-0.1, -0.05) is 30.3 Å². The molecule has 1 aliphatic rings. The number of rotatable bonds is 4. The molecule has 1 aliphatic carbocycles. The lowest BCUT2D eigenvalue weighted by atomic mass is 9.93. The molecular weight excluding hydrogens is 298 g/mol. The normalized spacial score (nSPS) is 18.3. The van der Waals surface area contributed by atoms with Crippen molar-refractivity contribution in [1.29, 1.82) is 0 Å². The first-order chi connectivity index (χ1) is 11.7. The van der Waals surface area contributed by atoms with Crippen LogP contribution in [0.4, 0.5) is 0 Å². The van der Waals surface area contributed by atoms with Crippen molar-refractivity contribution in [1.82, 2.24) is 25.1 Å². The van der Waals surface area contributed by atoms with Crippen LogP contribution in [0.25, 0.3) is 11.3 Å². The standard InChI is InChI=1S/C19H23N5/c1-13(22-16-8-9-17-15(10-16)11-21-23-17)19-20-12-18(24(19)2)14-6-4-3-5-7-14/h3-7,11-13,16,22H,8-10H2,1-2H3,(H,21,23). The Morgan fingerprint density at radius 1 is 1.25 bits per heavy atom. The van der Waals surface area contributed by atoms with E-state index in [1.807, 2.05) is 18.5 Å². The number of aromatic amines is 1. The van der Waals surface area contributed by atoms with Crippen LogP contribution in [-0.2, 0) is 19.9 Å². The molecule has 1 aromatic carbocycles. The third kappa shape index (κ3) is 2.76. The Bertz CT molecular complexity index is 817. The summed E-state index contributed by atoms with van der Waals surface area (Å²) in [5.74, 6) is 1.08. The lowest BCUT2D eigenvalue weighted by molar-refractivity contribution is 0.398. The minimum absolute atomic E-state index is 0.214. The second-order valence-electron chi connectivity index (χ2n) is 6.63. The van der Waals surface area contributed by atoms with E-state index < -0.39 is 0 Å². The fraction of sp³-hybridized carbons (Fsp3) is 0.368. The van der Waals surface area contributed by atoms with Crippen molar-refractivity contribution < 1.29 is 0 Å². The predicted octanol–water partition coefficient (Wildman–Crippen LogP) is 3.02. The maximum atomic E-state index is 4.67. The average Bonchev–Trinajstić information content (AvgIpc) is 3.21. The van der Waals surface area contributed by atoms with E-state index in [4.69, 9.17) is 0 Å². The molecule has 24 heavy (non-hydrogen) atoms. The first kappa shape index (κ1) is 15.1. The SMILES string of the molecule is CC(NC1CCc2[nH]ncc2C1)c1ncc(-c2ccccc2)n1C. The van der Waals surface area contributed by atoms with E-state index in [-0.39, 0.29) is 6.04 Å². The minimum Gasteiger partial charge on any atom is -0.330 e. The lowest BCUT2D eigenvalue weighted by Crippen LogP contribution is -2.37. The van der Waals surface area contributed by atoms with E-state index in [9.17, 15) is 0 Å². The van der Waals surface area contributed by atoms with Gasteiger partial charge in [0.2, 0.25) is 0 Å². The van der Waals surface area contributed by atoms with Crippen LogP contribution in [0, 0.1) is 0 Å². The summed E-state index contributed by atoms with van der Waals surface area (Å²) in [6, 6.07) is 11.1. The van der Waals surface area contributed by atoms with Crippen molar-refractivity contribution in [3.63, 3.8) is 0 Å². The highest BCUT2D eigenvalue weighted by molar-refractivity contribution is 5.59. The molecule has 5 nitrogen and oxygen atoms in total. The third-order valence-electron chi connectivity index (χ3n) is 4.98. The van der Waals surface area contributed by atoms with Crippen LogP contribution >= 0.6 is 0 Å². The van der Waals surface area contributed by atoms with Crippen LogP contribution in [0.1, 0.15) is 36.5 Å². The zero-order valence-electron chi connectivity index (χ0n) is 14.2. The molecule has 0 spiro atoms. The van der Waals surface area contributed by atoms with Gasteiger partial charge in [0, 0.05) is 18.8 Å². The highest BCUT2D eigenvalue weighted by Crippen LogP contribution is 2.24. The maximum absolute atomic E-state index is 4.67. The van der Waals surface area contributed by atoms with Crippen LogP contribution in [0.5, 0.6) is 0 Å². The van der Waals surface area contributed by atoms with Gasteiger partial charge in [-0.05, 0) is 37.3 Å². The van der Waals surface area contributed by atoms with Crippen molar-refractivity contribution in [3.05, 3.63) is 59.8 Å². The highest BCUT2D eigenvalue weighted by Gasteiger charge is 2.23. The first-order valence-corrected chi connectivity index (χ1v) is 8.56. The number of hydrogen-bond acceptors (Lipinski definition) is 3. The van der Waals surface area contributed by atoms with Gasteiger partial charge in [0.15, 0.2) is 0 Å². The molecule has 5 heteroatoms. The van der Waals surface area contributed by atoms with Gasteiger partial charge < -0.3 is 9.88 Å². The summed E-state index contributed by atoms with van der Waals surface area (Å²) in [7, 11) is 2.10. The molecule has 0 radical (unpaired) electrons. The van der Waals surface area contributed by atoms with Crippen molar-refractivity contribution >= 4 is 0 Å². The topological polar surface area (TPSA) is 58.5 Å². The summed E-state index contributed by atoms with van der Waals surface area (Å²) in [4.78, 5) is 4.67. The van der Waals surface area contributed by atoms with Gasteiger partial charge in [-0.3, -0.25) is 5.10 Å². The van der Waals surface area contributed by atoms with E-state index in [2.05, 4.69) is 63.3 Å². The number of nitrogens with one attached hydrogen (secondary N) is 2. The molecule has 4 rings (SSSR count). The smallest absolute Gasteiger partial charge is 0.125 e. The Hall–Kier alpha value is -2.40. The number of aryl methyl sites for hydroxylation is 1. The van der Waals surface area contributed by atoms with Crippen LogP contribution in [-0.4, -0.2) is 25.8 Å². The van der Waals surface area contributed by atoms with Crippen LogP contribution < -0.4 is 5.32 Å². The number of hydrogen-bond donors (Lipinski definition) is 2. The second-order valence-corrected chi connectivity index (χ2v) is 6.63. The molecule has 2 aromatic heterocycles. The van der Waals surface area contributed by atoms with E-state index in [1.54, 1.807) is 0 Å². The summed E-state index contributed by atoms with van der Waals surface area (Å²) >= 11 is 0. The molecule has 2 atom stereocenters. The van der Waals surface area contributed by atoms with Gasteiger partial charge >= 0.3 is 0 Å². The van der Waals surface area contributed by atoms with Crippen LogP contribution in [0.3, 0.4) is 0 Å². The average molecular weight is 321 g/mol. The molecular formula is C19H23N5. The van der Waals surface area contributed by atoms with Crippen LogP contribution in [0.2, 0.25) is 0 Å². The molecule has 3 aromatic rings. The monoisotopic (exact) mass is 321 g/mol. The van der Waals surface area contributed by atoms with Gasteiger partial charge in [-0.15, -0.1) is 0 Å². The largest absolute Gasteiger partial charge is 0.330 e. The van der Waals surface area contributed by atoms with Crippen molar-refractivity contribution in [2.45, 2.75) is 38.3 Å². The van der Waals surface area contributed by atoms with Crippen LogP contribution in [0.15, 0.2) is 42.7 Å². The Balaban J connectivity index is 1.49. The molecule has 0 amide bonds. The fourth-order valence-corrected chi connectivity index (χ4v) is 3.69. The molecule has 0 aliphatic heterocycles. The third-order valence-corrected chi connectivity index (χ3v) is 4.98. The molecule has 0 saturated heterocycles. The number of aromatic nitrogens is 4. The zero-order chi connectivity index (χ0) is 16.5. The minimum atomic E-state index is 0.214. The van der Waals surface area contributed by atoms with E-state index >= 15 is 0 Å². The molecule has 0 fully saturated rings. The summed E-state index contributed by atoms with van der Waals surface area (Å²) in [5.41, 5.74) is 4.99. The van der Waals surface area contributed by atoms with Gasteiger partial charge in [-0.2, -0.15) is 5.10 Å². The maximum Gasteiger partial charge on any atom is 0.125 e. The van der Waals surface area contributed by atoms with Gasteiger partial charge in [-0.25, -0.2) is 4.98 Å². The van der Waals surface area contributed by atoms with E-state index in [1.165, 1.54) is 16.8 Å². The number of fused-ring (bicyclic) bond motifs is 1. The van der Waals surface area contributed by atoms with Gasteiger partial charge in [0.25, 0.3) is 0 Å². The van der Waals surface area contributed by atoms with Crippen molar-refractivity contribution in [3.8, 4) is 11.3 Å². The number of H-pyrrole nitrogens is 1. The first-order valence-electron chi connectivity index (χ1n) is 8.56. The Morgan fingerprint density at radius 3 is 2.92 bits per heavy atom. The molecule has 2 unspecified atom stereocenters. The molecule has 2 N–H and O–H groups in total. The molecule has 124 valence electrons. The lowest BCUT2D eigenvalue weighted by Gasteiger charge is -2.26.